The van der Waals surface area contributed by atoms with Crippen molar-refractivity contribution in [2.24, 2.45) is 35.0 Å². The Morgan fingerprint density at radius 1 is 0.895 bits per heavy atom. The molecule has 106 valence electrons. The first-order valence-corrected chi connectivity index (χ1v) is 8.73. The van der Waals surface area contributed by atoms with E-state index in [9.17, 15) is 4.79 Å². The van der Waals surface area contributed by atoms with Crippen molar-refractivity contribution in [3.63, 3.8) is 0 Å². The number of ketones is 1. The van der Waals surface area contributed by atoms with E-state index < -0.39 is 0 Å². The second kappa shape index (κ2) is 4.33. The topological polar surface area (TPSA) is 17.1 Å². The van der Waals surface area contributed by atoms with Crippen LogP contribution in [0.2, 0.25) is 0 Å². The molecule has 4 fully saturated rings. The number of fused-ring (bicyclic) bond motifs is 5. The van der Waals surface area contributed by atoms with E-state index in [-0.39, 0.29) is 5.41 Å². The summed E-state index contributed by atoms with van der Waals surface area (Å²) in [6.45, 7) is 2.30. The molecule has 0 amide bonds. The molecule has 0 N–H and O–H groups in total. The Morgan fingerprint density at radius 3 is 2.63 bits per heavy atom. The van der Waals surface area contributed by atoms with Gasteiger partial charge in [-0.15, -0.1) is 0 Å². The van der Waals surface area contributed by atoms with Crippen molar-refractivity contribution in [1.29, 1.82) is 0 Å². The highest BCUT2D eigenvalue weighted by atomic mass is 16.1. The molecule has 0 aliphatic heterocycles. The second-order valence-electron chi connectivity index (χ2n) is 8.14. The molecule has 19 heavy (non-hydrogen) atoms. The van der Waals surface area contributed by atoms with Crippen molar-refractivity contribution >= 4 is 5.78 Å². The van der Waals surface area contributed by atoms with Crippen LogP contribution in [0.1, 0.15) is 71.1 Å². The quantitative estimate of drug-likeness (QED) is 0.622. The molecule has 0 aromatic heterocycles. The van der Waals surface area contributed by atoms with E-state index in [2.05, 4.69) is 6.92 Å². The molecule has 6 atom stereocenters. The largest absolute Gasteiger partial charge is 0.299 e. The van der Waals surface area contributed by atoms with Crippen molar-refractivity contribution < 1.29 is 4.79 Å². The van der Waals surface area contributed by atoms with Gasteiger partial charge in [0.2, 0.25) is 0 Å². The van der Waals surface area contributed by atoms with Gasteiger partial charge in [0.1, 0.15) is 5.78 Å². The van der Waals surface area contributed by atoms with Crippen molar-refractivity contribution in [3.05, 3.63) is 0 Å². The minimum atomic E-state index is 0.0860. The zero-order chi connectivity index (χ0) is 13.0. The first kappa shape index (κ1) is 12.4. The summed E-state index contributed by atoms with van der Waals surface area (Å²) in [5, 5.41) is 0. The third-order valence-electron chi connectivity index (χ3n) is 7.59. The zero-order valence-corrected chi connectivity index (χ0v) is 12.4. The van der Waals surface area contributed by atoms with Crippen LogP contribution in [0.3, 0.4) is 0 Å². The molecule has 0 radical (unpaired) electrons. The van der Waals surface area contributed by atoms with Crippen LogP contribution < -0.4 is 0 Å². The van der Waals surface area contributed by atoms with Gasteiger partial charge >= 0.3 is 0 Å². The molecule has 0 saturated heterocycles. The molecule has 4 aliphatic carbocycles. The standard InChI is InChI=1S/C18H28O/c1-18-11-10-14-13-5-3-2-4-12(13)6-7-15(14)16(18)8-9-17(18)19/h12-16H,2-11H2,1H3/t12-,13+,14?,15?,16?,18+/m1/s1. The Bertz CT molecular complexity index is 387. The maximum atomic E-state index is 12.3. The summed E-state index contributed by atoms with van der Waals surface area (Å²) >= 11 is 0. The summed E-state index contributed by atoms with van der Waals surface area (Å²) in [5.74, 6) is 5.33. The first-order valence-electron chi connectivity index (χ1n) is 8.73. The van der Waals surface area contributed by atoms with E-state index in [4.69, 9.17) is 0 Å². The Balaban J connectivity index is 1.61. The smallest absolute Gasteiger partial charge is 0.139 e. The maximum Gasteiger partial charge on any atom is 0.139 e. The summed E-state index contributed by atoms with van der Waals surface area (Å²) in [5.41, 5.74) is 0.0860. The Hall–Kier alpha value is -0.330. The van der Waals surface area contributed by atoms with Crippen molar-refractivity contribution in [2.75, 3.05) is 0 Å². The number of hydrogen-bond donors (Lipinski definition) is 0. The van der Waals surface area contributed by atoms with Crippen LogP contribution in [0.5, 0.6) is 0 Å². The van der Waals surface area contributed by atoms with Gasteiger partial charge in [-0.3, -0.25) is 4.79 Å². The monoisotopic (exact) mass is 260 g/mol. The summed E-state index contributed by atoms with van der Waals surface area (Å²) in [7, 11) is 0. The van der Waals surface area contributed by atoms with E-state index >= 15 is 0 Å². The molecule has 1 heteroatoms. The summed E-state index contributed by atoms with van der Waals surface area (Å²) in [6.07, 6.45) is 13.6. The highest BCUT2D eigenvalue weighted by Gasteiger charge is 2.56. The summed E-state index contributed by atoms with van der Waals surface area (Å²) < 4.78 is 0. The van der Waals surface area contributed by atoms with E-state index in [1.165, 1.54) is 57.8 Å². The van der Waals surface area contributed by atoms with Gasteiger partial charge in [-0.25, -0.2) is 0 Å². The zero-order valence-electron chi connectivity index (χ0n) is 12.4. The maximum absolute atomic E-state index is 12.3. The number of rotatable bonds is 0. The van der Waals surface area contributed by atoms with Crippen LogP contribution in [-0.2, 0) is 4.79 Å². The minimum Gasteiger partial charge on any atom is -0.299 e. The normalized spacial score (nSPS) is 53.3. The molecule has 4 rings (SSSR count). The van der Waals surface area contributed by atoms with E-state index in [1.807, 2.05) is 0 Å². The highest BCUT2D eigenvalue weighted by Crippen LogP contribution is 2.61. The lowest BCUT2D eigenvalue weighted by Crippen LogP contribution is -2.48. The van der Waals surface area contributed by atoms with E-state index in [1.54, 1.807) is 0 Å². The second-order valence-corrected chi connectivity index (χ2v) is 8.14. The van der Waals surface area contributed by atoms with Crippen LogP contribution in [0, 0.1) is 35.0 Å². The van der Waals surface area contributed by atoms with Crippen LogP contribution in [0.4, 0.5) is 0 Å². The van der Waals surface area contributed by atoms with Crippen LogP contribution in [-0.4, -0.2) is 5.78 Å². The highest BCUT2D eigenvalue weighted by molar-refractivity contribution is 5.87. The van der Waals surface area contributed by atoms with Crippen molar-refractivity contribution in [3.8, 4) is 0 Å². The average molecular weight is 260 g/mol. The molecule has 0 bridgehead atoms. The van der Waals surface area contributed by atoms with E-state index in [0.717, 1.165) is 36.0 Å². The molecular weight excluding hydrogens is 232 g/mol. The predicted molar refractivity (Wildman–Crippen MR) is 76.7 cm³/mol. The van der Waals surface area contributed by atoms with Gasteiger partial charge in [-0.2, -0.15) is 0 Å². The Morgan fingerprint density at radius 2 is 1.74 bits per heavy atom. The Labute approximate surface area is 117 Å². The number of carbonyl (C=O) groups is 1. The summed E-state index contributed by atoms with van der Waals surface area (Å²) in [4.78, 5) is 12.3. The molecule has 4 aliphatic rings. The lowest BCUT2D eigenvalue weighted by molar-refractivity contribution is -0.132. The number of Topliss-reactive ketones (excluding diaryl/α,β-unsaturated/α-hetero) is 1. The number of carbonyl (C=O) groups excluding carboxylic acids is 1. The van der Waals surface area contributed by atoms with Crippen molar-refractivity contribution in [2.45, 2.75) is 71.1 Å². The fraction of sp³-hybridized carbons (Fsp3) is 0.944. The molecular formula is C18H28O. The van der Waals surface area contributed by atoms with Gasteiger partial charge < -0.3 is 0 Å². The molecule has 0 aromatic rings. The van der Waals surface area contributed by atoms with Crippen LogP contribution in [0.15, 0.2) is 0 Å². The van der Waals surface area contributed by atoms with Crippen molar-refractivity contribution in [1.82, 2.24) is 0 Å². The minimum absolute atomic E-state index is 0.0860. The van der Waals surface area contributed by atoms with Crippen LogP contribution >= 0.6 is 0 Å². The lowest BCUT2D eigenvalue weighted by Gasteiger charge is -2.54. The van der Waals surface area contributed by atoms with E-state index in [0.29, 0.717) is 5.78 Å². The molecule has 0 aromatic carbocycles. The van der Waals surface area contributed by atoms with Gasteiger partial charge in [0, 0.05) is 11.8 Å². The van der Waals surface area contributed by atoms with Gasteiger partial charge in [-0.1, -0.05) is 26.2 Å². The fourth-order valence-electron chi connectivity index (χ4n) is 6.60. The summed E-state index contributed by atoms with van der Waals surface area (Å²) in [6, 6.07) is 0. The number of hydrogen-bond acceptors (Lipinski definition) is 1. The van der Waals surface area contributed by atoms with Crippen LogP contribution in [0.25, 0.3) is 0 Å². The van der Waals surface area contributed by atoms with Gasteiger partial charge in [0.05, 0.1) is 0 Å². The predicted octanol–water partition coefficient (Wildman–Crippen LogP) is 4.60. The van der Waals surface area contributed by atoms with Gasteiger partial charge in [-0.05, 0) is 68.1 Å². The first-order chi connectivity index (χ1) is 9.20. The molecule has 1 nitrogen and oxygen atoms in total. The van der Waals surface area contributed by atoms with Gasteiger partial charge in [0.25, 0.3) is 0 Å². The average Bonchev–Trinajstić information content (AvgIpc) is 2.75. The molecule has 4 saturated carbocycles. The van der Waals surface area contributed by atoms with Gasteiger partial charge in [0.15, 0.2) is 0 Å². The SMILES string of the molecule is C[C@]12CCC3C(CC[C@H]4CCCC[C@H]34)C1CCC2=O. The lowest BCUT2D eigenvalue weighted by atomic mass is 9.51. The molecule has 3 unspecified atom stereocenters. The molecule has 0 spiro atoms. The fourth-order valence-corrected chi connectivity index (χ4v) is 6.60. The Kier molecular flexibility index (Phi) is 2.83. The molecule has 0 heterocycles. The third-order valence-corrected chi connectivity index (χ3v) is 7.59. The third kappa shape index (κ3) is 1.69.